The van der Waals surface area contributed by atoms with Crippen LogP contribution in [0.3, 0.4) is 0 Å². The first-order chi connectivity index (χ1) is 40.8. The first-order valence-electron chi connectivity index (χ1n) is 32.9. The third kappa shape index (κ3) is 8.74. The van der Waals surface area contributed by atoms with Crippen LogP contribution in [0.4, 0.5) is 0 Å². The number of benzene rings is 5. The van der Waals surface area contributed by atoms with Crippen molar-refractivity contribution in [2.75, 3.05) is 0 Å². The van der Waals surface area contributed by atoms with Gasteiger partial charge >= 0.3 is 23.9 Å². The fourth-order valence-corrected chi connectivity index (χ4v) is 21.4. The minimum atomic E-state index is -0.709. The van der Waals surface area contributed by atoms with Gasteiger partial charge in [0.15, 0.2) is 0 Å². The van der Waals surface area contributed by atoms with E-state index >= 15 is 19.2 Å². The number of esters is 4. The van der Waals surface area contributed by atoms with E-state index in [0.29, 0.717) is 0 Å². The molecule has 8 nitrogen and oxygen atoms in total. The molecule has 0 unspecified atom stereocenters. The summed E-state index contributed by atoms with van der Waals surface area (Å²) in [4.78, 5) is 64.3. The molecule has 0 N–H and O–H groups in total. The van der Waals surface area contributed by atoms with Crippen LogP contribution >= 0.6 is 0 Å². The van der Waals surface area contributed by atoms with E-state index in [9.17, 15) is 0 Å². The molecule has 0 spiro atoms. The van der Waals surface area contributed by atoms with Gasteiger partial charge in [0.2, 0.25) is 0 Å². The molecule has 0 amide bonds. The second-order valence-electron chi connectivity index (χ2n) is 31.8. The van der Waals surface area contributed by atoms with E-state index in [0.717, 1.165) is 77.0 Å². The highest BCUT2D eigenvalue weighted by Gasteiger charge is 2.71. The molecule has 0 aliphatic heterocycles. The molecule has 8 fully saturated rings. The zero-order chi connectivity index (χ0) is 60.7. The van der Waals surface area contributed by atoms with Crippen LogP contribution in [0, 0.1) is 90.7 Å². The SMILES string of the molecule is CC1(C)[C@H]2CC[C@]1(C)[C@@H](OC(=O)c1cc(C(=O)O[C@H]3[C@H](Cc4ccccc4)[C@@H]4CC[C@@]3(C)C4(C)C)c(C(=O)O[C@H]3[C@H](Cc4ccccc4)[C@@H]4CC[C@@]3(C)C4(C)C)cc1C(=O)O[C@H]1[C@H](Cc3ccccc3)[C@@H]3CC[C@@]1(C)C3(C)C)[C@@H]2Cc1ccccc1. The summed E-state index contributed by atoms with van der Waals surface area (Å²) < 4.78 is 28.3. The fraction of sp³-hybridized carbons (Fsp3) is 0.564. The van der Waals surface area contributed by atoms with E-state index < -0.39 is 48.3 Å². The minimum Gasteiger partial charge on any atom is -0.458 e. The molecule has 8 aliphatic rings. The van der Waals surface area contributed by atoms with E-state index in [2.05, 4.69) is 180 Å². The first kappa shape index (κ1) is 59.0. The Hall–Kier alpha value is -6.02. The smallest absolute Gasteiger partial charge is 0.339 e. The molecule has 5 aromatic carbocycles. The van der Waals surface area contributed by atoms with Gasteiger partial charge in [-0.1, -0.05) is 204 Å². The summed E-state index contributed by atoms with van der Waals surface area (Å²) in [5, 5.41) is 0. The van der Waals surface area contributed by atoms with E-state index in [1.807, 2.05) is 24.3 Å². The lowest BCUT2D eigenvalue weighted by Crippen LogP contribution is -2.43. The van der Waals surface area contributed by atoms with Crippen LogP contribution in [-0.4, -0.2) is 48.3 Å². The number of rotatable bonds is 16. The summed E-state index contributed by atoms with van der Waals surface area (Å²) in [7, 11) is 0. The second kappa shape index (κ2) is 20.8. The van der Waals surface area contributed by atoms with Crippen LogP contribution in [-0.2, 0) is 44.6 Å². The van der Waals surface area contributed by atoms with Gasteiger partial charge in [-0.2, -0.15) is 0 Å². The van der Waals surface area contributed by atoms with Gasteiger partial charge in [0.05, 0.1) is 22.3 Å². The largest absolute Gasteiger partial charge is 0.458 e. The van der Waals surface area contributed by atoms with Crippen molar-refractivity contribution in [1.82, 2.24) is 0 Å². The number of ether oxygens (including phenoxy) is 4. The highest BCUT2D eigenvalue weighted by atomic mass is 16.6. The predicted octanol–water partition coefficient (Wildman–Crippen LogP) is 17.0. The van der Waals surface area contributed by atoms with Gasteiger partial charge in [-0.15, -0.1) is 0 Å². The van der Waals surface area contributed by atoms with Crippen LogP contribution < -0.4 is 0 Å². The monoisotopic (exact) mass is 1160 g/mol. The van der Waals surface area contributed by atoms with Crippen molar-refractivity contribution in [2.24, 2.45) is 90.7 Å². The summed E-state index contributed by atoms with van der Waals surface area (Å²) >= 11 is 0. The Morgan fingerprint density at radius 2 is 0.500 bits per heavy atom. The molecule has 0 aromatic heterocycles. The van der Waals surface area contributed by atoms with Crippen molar-refractivity contribution in [3.05, 3.63) is 178 Å². The van der Waals surface area contributed by atoms with E-state index in [-0.39, 0.29) is 113 Å². The Morgan fingerprint density at radius 3 is 0.686 bits per heavy atom. The molecule has 8 bridgehead atoms. The molecule has 86 heavy (non-hydrogen) atoms. The molecular formula is C78H94O8. The van der Waals surface area contributed by atoms with Gasteiger partial charge in [0, 0.05) is 45.3 Å². The standard InChI is InChI=1S/C78H94O8/c1-71(2)59-33-37-75(71,9)63(55(59)41-47-25-17-13-18-26-47)83-67(79)51-45-53(69(81)85-65-57(43-49-29-21-15-22-30-49)61-35-39-77(65,11)73(61,5)6)54(70(82)86-66-58(44-50-31-23-16-24-32-50)62-36-40-78(66,12)74(62,7)8)46-52(51)68(80)84-64-56(42-48-27-19-14-20-28-48)60-34-38-76(64,10)72(60,3)4/h13-32,45-46,55-66H,33-44H2,1-12H3/t55-,56-,57-,58-,59+,60+,61+,62+,63+,64+,65+,66+,75-,76-,77-,78-/m1/s1. The molecule has 16 atom stereocenters. The van der Waals surface area contributed by atoms with E-state index in [1.54, 1.807) is 0 Å². The van der Waals surface area contributed by atoms with Crippen LogP contribution in [0.25, 0.3) is 0 Å². The number of hydrogen-bond acceptors (Lipinski definition) is 8. The van der Waals surface area contributed by atoms with Crippen molar-refractivity contribution in [1.29, 1.82) is 0 Å². The van der Waals surface area contributed by atoms with Gasteiger partial charge in [-0.05, 0) is 157 Å². The Morgan fingerprint density at radius 1 is 0.314 bits per heavy atom. The summed E-state index contributed by atoms with van der Waals surface area (Å²) in [6, 6.07) is 44.8. The van der Waals surface area contributed by atoms with Crippen molar-refractivity contribution in [3.8, 4) is 0 Å². The maximum Gasteiger partial charge on any atom is 0.339 e. The molecule has 0 heterocycles. The predicted molar refractivity (Wildman–Crippen MR) is 336 cm³/mol. The lowest BCUT2D eigenvalue weighted by atomic mass is 9.70. The summed E-state index contributed by atoms with van der Waals surface area (Å²) in [6.45, 7) is 27.6. The highest BCUT2D eigenvalue weighted by molar-refractivity contribution is 6.10. The third-order valence-electron chi connectivity index (χ3n) is 27.9. The molecule has 0 saturated heterocycles. The molecule has 5 aromatic rings. The number of carbonyl (C=O) groups excluding carboxylic acids is 4. The zero-order valence-electron chi connectivity index (χ0n) is 53.4. The average molecular weight is 1160 g/mol. The summed E-state index contributed by atoms with van der Waals surface area (Å²) in [6.07, 6.45) is 8.50. The topological polar surface area (TPSA) is 105 Å². The normalized spacial score (nSPS) is 36.7. The number of hydrogen-bond donors (Lipinski definition) is 0. The van der Waals surface area contributed by atoms with Crippen molar-refractivity contribution in [3.63, 3.8) is 0 Å². The van der Waals surface area contributed by atoms with Gasteiger partial charge < -0.3 is 18.9 Å². The van der Waals surface area contributed by atoms with Gasteiger partial charge in [0.1, 0.15) is 24.4 Å². The minimum absolute atomic E-state index is 0.00113. The van der Waals surface area contributed by atoms with Gasteiger partial charge in [0.25, 0.3) is 0 Å². The fourth-order valence-electron chi connectivity index (χ4n) is 21.4. The van der Waals surface area contributed by atoms with E-state index in [1.165, 1.54) is 34.4 Å². The molecule has 13 rings (SSSR count). The van der Waals surface area contributed by atoms with Crippen molar-refractivity contribution >= 4 is 23.9 Å². The Labute approximate surface area is 512 Å². The van der Waals surface area contributed by atoms with Gasteiger partial charge in [-0.3, -0.25) is 0 Å². The lowest BCUT2D eigenvalue weighted by molar-refractivity contribution is -0.0450. The Bertz CT molecular complexity index is 2970. The van der Waals surface area contributed by atoms with Gasteiger partial charge in [-0.25, -0.2) is 19.2 Å². The van der Waals surface area contributed by atoms with Crippen LogP contribution in [0.5, 0.6) is 0 Å². The first-order valence-corrected chi connectivity index (χ1v) is 32.9. The number of carbonyl (C=O) groups is 4. The highest BCUT2D eigenvalue weighted by Crippen LogP contribution is 2.73. The molecule has 0 radical (unpaired) electrons. The summed E-state index contributed by atoms with van der Waals surface area (Å²) in [5.41, 5.74) is 2.15. The molecule has 8 saturated carbocycles. The lowest BCUT2D eigenvalue weighted by Gasteiger charge is -2.40. The third-order valence-corrected chi connectivity index (χ3v) is 27.9. The molecule has 8 heteroatoms. The van der Waals surface area contributed by atoms with Crippen molar-refractivity contribution < 1.29 is 38.1 Å². The zero-order valence-corrected chi connectivity index (χ0v) is 53.4. The molecule has 8 aliphatic carbocycles. The maximum absolute atomic E-state index is 16.1. The number of fused-ring (bicyclic) bond motifs is 8. The van der Waals surface area contributed by atoms with Crippen LogP contribution in [0.1, 0.15) is 198 Å². The maximum atomic E-state index is 16.1. The van der Waals surface area contributed by atoms with E-state index in [4.69, 9.17) is 18.9 Å². The average Bonchev–Trinajstić information content (AvgIpc) is 1.57. The molecule has 454 valence electrons. The quantitative estimate of drug-likeness (QED) is 0.0711. The van der Waals surface area contributed by atoms with Crippen LogP contribution in [0.2, 0.25) is 0 Å². The Kier molecular flexibility index (Phi) is 14.3. The van der Waals surface area contributed by atoms with Crippen molar-refractivity contribution in [2.45, 2.75) is 185 Å². The summed E-state index contributed by atoms with van der Waals surface area (Å²) in [5.74, 6) is -1.73. The van der Waals surface area contributed by atoms with Crippen LogP contribution in [0.15, 0.2) is 133 Å². The molecular weight excluding hydrogens is 1060 g/mol. The Balaban J connectivity index is 0.951. The second-order valence-corrected chi connectivity index (χ2v) is 31.8.